The Kier molecular flexibility index (Phi) is 7.88. The van der Waals surface area contributed by atoms with E-state index in [-0.39, 0.29) is 12.4 Å². The summed E-state index contributed by atoms with van der Waals surface area (Å²) in [6.07, 6.45) is 0.826. The van der Waals surface area contributed by atoms with Gasteiger partial charge in [-0.25, -0.2) is 4.39 Å². The first-order valence-corrected chi connectivity index (χ1v) is 11.5. The first-order chi connectivity index (χ1) is 16.6. The van der Waals surface area contributed by atoms with E-state index in [0.29, 0.717) is 28.6 Å². The van der Waals surface area contributed by atoms with Gasteiger partial charge in [0, 0.05) is 17.7 Å². The quantitative estimate of drug-likeness (QED) is 0.261. The van der Waals surface area contributed by atoms with Gasteiger partial charge in [-0.15, -0.1) is 0 Å². The Morgan fingerprint density at radius 2 is 1.62 bits per heavy atom. The Bertz CT molecular complexity index is 1260. The van der Waals surface area contributed by atoms with Crippen LogP contribution in [0.15, 0.2) is 72.8 Å². The Hall–Kier alpha value is -3.28. The molecule has 1 N–H and O–H groups in total. The summed E-state index contributed by atoms with van der Waals surface area (Å²) in [7, 11) is 3.26. The summed E-state index contributed by atoms with van der Waals surface area (Å²) in [6, 6.07) is 22.7. The van der Waals surface area contributed by atoms with Crippen LogP contribution in [0.1, 0.15) is 16.7 Å². The first kappa shape index (κ1) is 23.9. The Morgan fingerprint density at radius 3 is 2.41 bits per heavy atom. The minimum absolute atomic E-state index is 0.0580. The number of halogens is 2. The molecule has 0 aromatic heterocycles. The van der Waals surface area contributed by atoms with E-state index in [1.807, 2.05) is 42.5 Å². The number of nitrogens with one attached hydrogen (secondary N) is 1. The molecular weight excluding hydrogens is 453 g/mol. The van der Waals surface area contributed by atoms with Gasteiger partial charge in [-0.3, -0.25) is 0 Å². The van der Waals surface area contributed by atoms with Crippen molar-refractivity contribution in [2.24, 2.45) is 0 Å². The topological polar surface area (TPSA) is 39.7 Å². The highest BCUT2D eigenvalue weighted by molar-refractivity contribution is 6.31. The fourth-order valence-electron chi connectivity index (χ4n) is 3.94. The highest BCUT2D eigenvalue weighted by Gasteiger charge is 2.12. The number of benzene rings is 4. The maximum atomic E-state index is 14.2. The third-order valence-corrected chi connectivity index (χ3v) is 6.13. The molecule has 0 spiro atoms. The molecule has 0 aliphatic carbocycles. The van der Waals surface area contributed by atoms with Crippen molar-refractivity contribution in [2.45, 2.75) is 19.6 Å². The fourth-order valence-corrected chi connectivity index (χ4v) is 4.15. The number of hydrogen-bond donors (Lipinski definition) is 1. The summed E-state index contributed by atoms with van der Waals surface area (Å²) < 4.78 is 31.0. The molecule has 4 nitrogen and oxygen atoms in total. The highest BCUT2D eigenvalue weighted by atomic mass is 35.5. The van der Waals surface area contributed by atoms with Crippen molar-refractivity contribution in [3.63, 3.8) is 0 Å². The zero-order chi connectivity index (χ0) is 23.9. The van der Waals surface area contributed by atoms with Gasteiger partial charge in [-0.1, -0.05) is 54.1 Å². The van der Waals surface area contributed by atoms with Crippen molar-refractivity contribution in [3.05, 3.63) is 100 Å². The molecule has 0 radical (unpaired) electrons. The summed E-state index contributed by atoms with van der Waals surface area (Å²) in [5.41, 5.74) is 2.52. The first-order valence-electron chi connectivity index (χ1n) is 11.1. The summed E-state index contributed by atoms with van der Waals surface area (Å²) in [4.78, 5) is 0. The van der Waals surface area contributed by atoms with Crippen LogP contribution in [0.25, 0.3) is 10.8 Å². The minimum atomic E-state index is -0.372. The van der Waals surface area contributed by atoms with Gasteiger partial charge in [-0.2, -0.15) is 0 Å². The van der Waals surface area contributed by atoms with Crippen LogP contribution in [0.2, 0.25) is 5.02 Å². The second-order valence-electron chi connectivity index (χ2n) is 7.87. The van der Waals surface area contributed by atoms with Crippen LogP contribution in [-0.2, 0) is 19.6 Å². The summed E-state index contributed by atoms with van der Waals surface area (Å²) in [5, 5.41) is 6.09. The zero-order valence-electron chi connectivity index (χ0n) is 19.2. The fraction of sp³-hybridized carbons (Fsp3) is 0.214. The highest BCUT2D eigenvalue weighted by Crippen LogP contribution is 2.30. The van der Waals surface area contributed by atoms with E-state index < -0.39 is 0 Å². The molecule has 0 amide bonds. The lowest BCUT2D eigenvalue weighted by Gasteiger charge is -2.16. The van der Waals surface area contributed by atoms with Crippen LogP contribution in [0, 0.1) is 5.82 Å². The van der Waals surface area contributed by atoms with Crippen molar-refractivity contribution in [1.82, 2.24) is 5.32 Å². The number of methoxy groups -OCH3 is 2. The maximum Gasteiger partial charge on any atom is 0.160 e. The second-order valence-corrected chi connectivity index (χ2v) is 8.28. The summed E-state index contributed by atoms with van der Waals surface area (Å²) >= 11 is 6.18. The number of rotatable bonds is 10. The van der Waals surface area contributed by atoms with E-state index in [4.69, 9.17) is 25.8 Å². The lowest BCUT2D eigenvalue weighted by atomic mass is 10.0. The lowest BCUT2D eigenvalue weighted by Crippen LogP contribution is -2.17. The van der Waals surface area contributed by atoms with Gasteiger partial charge >= 0.3 is 0 Å². The van der Waals surface area contributed by atoms with Crippen LogP contribution in [0.5, 0.6) is 17.2 Å². The molecule has 176 valence electrons. The zero-order valence-corrected chi connectivity index (χ0v) is 20.0. The Labute approximate surface area is 204 Å². The maximum absolute atomic E-state index is 14.2. The van der Waals surface area contributed by atoms with E-state index in [1.54, 1.807) is 26.4 Å². The predicted octanol–water partition coefficient (Wildman–Crippen LogP) is 6.56. The number of hydrogen-bond acceptors (Lipinski definition) is 4. The third-order valence-electron chi connectivity index (χ3n) is 5.77. The van der Waals surface area contributed by atoms with Crippen molar-refractivity contribution in [2.75, 3.05) is 20.8 Å². The Balaban J connectivity index is 1.48. The molecule has 0 fully saturated rings. The van der Waals surface area contributed by atoms with Crippen LogP contribution in [0.4, 0.5) is 4.39 Å². The van der Waals surface area contributed by atoms with E-state index in [2.05, 4.69) is 17.4 Å². The molecule has 4 aromatic rings. The minimum Gasteiger partial charge on any atom is -0.493 e. The largest absolute Gasteiger partial charge is 0.493 e. The number of ether oxygens (including phenoxy) is 3. The predicted molar refractivity (Wildman–Crippen MR) is 135 cm³/mol. The molecule has 0 aliphatic heterocycles. The van der Waals surface area contributed by atoms with E-state index >= 15 is 0 Å². The second kappa shape index (κ2) is 11.2. The van der Waals surface area contributed by atoms with Gasteiger partial charge in [0.1, 0.15) is 18.2 Å². The molecule has 4 aromatic carbocycles. The molecule has 0 saturated heterocycles. The Morgan fingerprint density at radius 1 is 0.824 bits per heavy atom. The SMILES string of the molecule is COc1ccc(CCNCc2c(OCc3c(F)cccc3Cl)ccc3ccccc23)cc1OC. The van der Waals surface area contributed by atoms with Crippen LogP contribution < -0.4 is 19.5 Å². The van der Waals surface area contributed by atoms with Crippen molar-refractivity contribution >= 4 is 22.4 Å². The van der Waals surface area contributed by atoms with Gasteiger partial charge in [0.2, 0.25) is 0 Å². The van der Waals surface area contributed by atoms with Gasteiger partial charge < -0.3 is 19.5 Å². The van der Waals surface area contributed by atoms with Gasteiger partial charge in [-0.05, 0) is 59.6 Å². The molecule has 6 heteroatoms. The summed E-state index contributed by atoms with van der Waals surface area (Å²) in [6.45, 7) is 1.43. The van der Waals surface area contributed by atoms with Crippen molar-refractivity contribution < 1.29 is 18.6 Å². The van der Waals surface area contributed by atoms with Gasteiger partial charge in [0.25, 0.3) is 0 Å². The number of fused-ring (bicyclic) bond motifs is 1. The molecule has 0 heterocycles. The van der Waals surface area contributed by atoms with Crippen molar-refractivity contribution in [3.8, 4) is 17.2 Å². The van der Waals surface area contributed by atoms with E-state index in [9.17, 15) is 4.39 Å². The molecule has 0 unspecified atom stereocenters. The molecule has 0 saturated carbocycles. The molecular formula is C28H27ClFNO3. The van der Waals surface area contributed by atoms with Crippen LogP contribution in [-0.4, -0.2) is 20.8 Å². The average Bonchev–Trinajstić information content (AvgIpc) is 2.86. The molecule has 0 aliphatic rings. The smallest absolute Gasteiger partial charge is 0.160 e. The normalized spacial score (nSPS) is 10.9. The molecule has 4 rings (SSSR count). The van der Waals surface area contributed by atoms with Crippen LogP contribution >= 0.6 is 11.6 Å². The van der Waals surface area contributed by atoms with Gasteiger partial charge in [0.15, 0.2) is 11.5 Å². The average molecular weight is 480 g/mol. The standard InChI is InChI=1S/C28H27ClFNO3/c1-32-27-12-10-19(16-28(27)33-2)14-15-31-17-22-21-7-4-3-6-20(21)11-13-26(22)34-18-23-24(29)8-5-9-25(23)30/h3-13,16,31H,14-15,17-18H2,1-2H3. The monoisotopic (exact) mass is 479 g/mol. The molecule has 0 bridgehead atoms. The van der Waals surface area contributed by atoms with Crippen LogP contribution in [0.3, 0.4) is 0 Å². The lowest BCUT2D eigenvalue weighted by molar-refractivity contribution is 0.296. The van der Waals surface area contributed by atoms with E-state index in [0.717, 1.165) is 40.6 Å². The molecule has 34 heavy (non-hydrogen) atoms. The summed E-state index contributed by atoms with van der Waals surface area (Å²) in [5.74, 6) is 1.77. The van der Waals surface area contributed by atoms with Crippen molar-refractivity contribution in [1.29, 1.82) is 0 Å². The van der Waals surface area contributed by atoms with Gasteiger partial charge in [0.05, 0.1) is 19.2 Å². The third kappa shape index (κ3) is 5.44. The van der Waals surface area contributed by atoms with E-state index in [1.165, 1.54) is 6.07 Å². The molecule has 0 atom stereocenters.